The van der Waals surface area contributed by atoms with Crippen LogP contribution in [0, 0.1) is 4.78 Å². The van der Waals surface area contributed by atoms with Crippen molar-refractivity contribution in [3.05, 3.63) is 0 Å². The predicted molar refractivity (Wildman–Crippen MR) is 46.5 cm³/mol. The van der Waals surface area contributed by atoms with Crippen LogP contribution in [0.3, 0.4) is 0 Å². The summed E-state index contributed by atoms with van der Waals surface area (Å²) in [6.45, 7) is 0. The zero-order valence-corrected chi connectivity index (χ0v) is 7.73. The Hall–Kier alpha value is -0.270. The first kappa shape index (κ1) is 13.3. The molecule has 0 aliphatic rings. The number of hydrogen-bond acceptors (Lipinski definition) is 6. The molecule has 5 nitrogen and oxygen atoms in total. The monoisotopic (exact) mass is 199 g/mol. The topological polar surface area (TPSA) is 90.2 Å². The number of likely N-dealkylation sites (N-methyl/N-ethyl adjacent to an activating group) is 1. The van der Waals surface area contributed by atoms with Gasteiger partial charge in [-0.2, -0.15) is 12.6 Å². The molecule has 0 spiro atoms. The number of carboxylic acid groups (broad SMARTS) is 1. The van der Waals surface area contributed by atoms with Crippen molar-refractivity contribution >= 4 is 30.1 Å². The van der Waals surface area contributed by atoms with Gasteiger partial charge in [-0.05, 0) is 7.05 Å². The molecule has 3 N–H and O–H groups in total. The first-order chi connectivity index (χ1) is 5.13. The molecule has 0 aromatic carbocycles. The number of hydrogen-bond donors (Lipinski definition) is 4. The van der Waals surface area contributed by atoms with E-state index in [2.05, 4.69) is 17.9 Å². The van der Waals surface area contributed by atoms with Crippen molar-refractivity contribution in [3.8, 4) is 0 Å². The molecule has 0 fully saturated rings. The van der Waals surface area contributed by atoms with Gasteiger partial charge in [0.05, 0.1) is 0 Å². The zero-order chi connectivity index (χ0) is 9.28. The van der Waals surface area contributed by atoms with E-state index < -0.39 is 23.5 Å². The molecule has 0 aliphatic carbocycles. The van der Waals surface area contributed by atoms with Gasteiger partial charge in [0.1, 0.15) is 6.04 Å². The summed E-state index contributed by atoms with van der Waals surface area (Å²) >= 11 is 3.21. The highest BCUT2D eigenvalue weighted by Gasteiger charge is 2.10. The van der Waals surface area contributed by atoms with Crippen molar-refractivity contribution in [1.82, 2.24) is 5.32 Å². The van der Waals surface area contributed by atoms with Gasteiger partial charge in [-0.15, -0.1) is 0 Å². The van der Waals surface area contributed by atoms with Crippen LogP contribution in [0.2, 0.25) is 0 Å². The van der Waals surface area contributed by atoms with Gasteiger partial charge in [0, 0.05) is 5.75 Å². The van der Waals surface area contributed by atoms with Crippen molar-refractivity contribution in [2.75, 3.05) is 12.8 Å². The predicted octanol–water partition coefficient (Wildman–Crippen LogP) is -0.502. The van der Waals surface area contributed by atoms with Crippen LogP contribution in [0.4, 0.5) is 0 Å². The van der Waals surface area contributed by atoms with E-state index in [0.717, 1.165) is 0 Å². The highest BCUT2D eigenvalue weighted by molar-refractivity contribution is 7.80. The third kappa shape index (κ3) is 9.73. The minimum Gasteiger partial charge on any atom is -0.480 e. The second-order valence-corrected chi connectivity index (χ2v) is 2.00. The molecule has 0 aromatic rings. The molecule has 0 bridgehead atoms. The Bertz CT molecular complexity index is 142. The maximum absolute atomic E-state index is 10.1. The molecule has 0 aromatic heterocycles. The smallest absolute Gasteiger partial charge is 0.321 e. The SMILES string of the molecule is CN[C@@H](CS)C(=O)O.N=[SH-]=O. The Labute approximate surface area is 73.6 Å². The standard InChI is InChI=1S/C4H9NO2S.H2NOS/c1-5-3(2-8)4(6)7;1-3-2/h3,5,8H,2H2,1H3,(H,6,7);1,3H/q;-1/t3-;/m0./s1. The van der Waals surface area contributed by atoms with Crippen LogP contribution >= 0.6 is 12.6 Å². The lowest BCUT2D eigenvalue weighted by molar-refractivity contribution is -0.138. The van der Waals surface area contributed by atoms with Crippen molar-refractivity contribution in [1.29, 1.82) is 4.78 Å². The minimum absolute atomic E-state index is 0.325. The van der Waals surface area contributed by atoms with E-state index in [-0.39, 0.29) is 0 Å². The van der Waals surface area contributed by atoms with E-state index in [4.69, 9.17) is 14.1 Å². The van der Waals surface area contributed by atoms with E-state index in [0.29, 0.717) is 5.75 Å². The van der Waals surface area contributed by atoms with Crippen LogP contribution in [0.5, 0.6) is 0 Å². The van der Waals surface area contributed by atoms with Gasteiger partial charge in [-0.1, -0.05) is 0 Å². The second kappa shape index (κ2) is 9.73. The van der Waals surface area contributed by atoms with Crippen LogP contribution in [-0.2, 0) is 20.5 Å². The Morgan fingerprint density at radius 3 is 2.27 bits per heavy atom. The lowest BCUT2D eigenvalue weighted by atomic mass is 10.3. The number of rotatable bonds is 3. The van der Waals surface area contributed by atoms with Gasteiger partial charge in [-0.25, -0.2) is 11.5 Å². The summed E-state index contributed by atoms with van der Waals surface area (Å²) < 4.78 is 14.2. The molecular formula is C4H11N2O3S2-. The summed E-state index contributed by atoms with van der Waals surface area (Å²) in [6, 6.07) is -0.515. The van der Waals surface area contributed by atoms with Gasteiger partial charge in [-0.3, -0.25) is 4.79 Å². The first-order valence-electron chi connectivity index (χ1n) is 2.64. The molecule has 0 saturated carbocycles. The maximum Gasteiger partial charge on any atom is 0.321 e. The number of aliphatic carboxylic acids is 1. The van der Waals surface area contributed by atoms with Crippen molar-refractivity contribution < 1.29 is 14.1 Å². The van der Waals surface area contributed by atoms with Crippen LogP contribution in [0.25, 0.3) is 0 Å². The fourth-order valence-electron chi connectivity index (χ4n) is 0.293. The first-order valence-corrected chi connectivity index (χ1v) is 4.08. The summed E-state index contributed by atoms with van der Waals surface area (Å²) in [4.78, 5) is 10.1. The lowest BCUT2D eigenvalue weighted by Gasteiger charge is -2.04. The fourth-order valence-corrected chi connectivity index (χ4v) is 0.632. The van der Waals surface area contributed by atoms with Crippen molar-refractivity contribution in [2.45, 2.75) is 6.04 Å². The number of nitrogens with one attached hydrogen (secondary N) is 2. The normalized spacial score (nSPS) is 11.1. The third-order valence-electron chi connectivity index (χ3n) is 0.829. The molecule has 0 aliphatic heterocycles. The fraction of sp³-hybridized carbons (Fsp3) is 0.750. The molecule has 0 unspecified atom stereocenters. The molecule has 0 heterocycles. The maximum atomic E-state index is 10.1. The van der Waals surface area contributed by atoms with Crippen LogP contribution < -0.4 is 5.32 Å². The molecule has 68 valence electrons. The highest BCUT2D eigenvalue weighted by atomic mass is 32.1. The van der Waals surface area contributed by atoms with Crippen LogP contribution in [0.1, 0.15) is 0 Å². The molecule has 0 saturated heterocycles. The number of carbonyl (C=O) groups is 1. The number of thiol groups is 2. The molecule has 11 heavy (non-hydrogen) atoms. The minimum atomic E-state index is -0.859. The van der Waals surface area contributed by atoms with Gasteiger partial charge in [0.25, 0.3) is 0 Å². The van der Waals surface area contributed by atoms with E-state index in [9.17, 15) is 4.79 Å². The molecule has 0 amide bonds. The second-order valence-electron chi connectivity index (χ2n) is 1.45. The summed E-state index contributed by atoms with van der Waals surface area (Å²) in [5.41, 5.74) is 0. The summed E-state index contributed by atoms with van der Waals surface area (Å²) in [5, 5.41) is 10.8. The van der Waals surface area contributed by atoms with E-state index in [1.165, 1.54) is 0 Å². The third-order valence-corrected chi connectivity index (χ3v) is 1.19. The summed E-state index contributed by atoms with van der Waals surface area (Å²) in [6.07, 6.45) is 0. The molecule has 0 rings (SSSR count). The Balaban J connectivity index is 0. The average molecular weight is 199 g/mol. The van der Waals surface area contributed by atoms with E-state index in [1.807, 2.05) is 0 Å². The lowest BCUT2D eigenvalue weighted by Crippen LogP contribution is -2.35. The summed E-state index contributed by atoms with van der Waals surface area (Å²) in [5.74, 6) is -0.534. The van der Waals surface area contributed by atoms with E-state index in [1.54, 1.807) is 7.05 Å². The van der Waals surface area contributed by atoms with Crippen molar-refractivity contribution in [2.24, 2.45) is 0 Å². The Morgan fingerprint density at radius 1 is 1.91 bits per heavy atom. The number of carboxylic acids is 1. The molecule has 1 atom stereocenters. The van der Waals surface area contributed by atoms with Crippen LogP contribution in [0.15, 0.2) is 0 Å². The van der Waals surface area contributed by atoms with Crippen molar-refractivity contribution in [3.63, 3.8) is 0 Å². The zero-order valence-electron chi connectivity index (χ0n) is 5.94. The van der Waals surface area contributed by atoms with Gasteiger partial charge >= 0.3 is 5.97 Å². The van der Waals surface area contributed by atoms with Gasteiger partial charge in [0.2, 0.25) is 0 Å². The quantitative estimate of drug-likeness (QED) is 0.364. The van der Waals surface area contributed by atoms with Gasteiger partial charge in [0.15, 0.2) is 0 Å². The Kier molecular flexibility index (Phi) is 11.8. The average Bonchev–Trinajstić information content (AvgIpc) is 1.91. The molecule has 0 radical (unpaired) electrons. The van der Waals surface area contributed by atoms with Gasteiger partial charge < -0.3 is 19.4 Å². The van der Waals surface area contributed by atoms with Crippen LogP contribution in [-0.4, -0.2) is 29.9 Å². The largest absolute Gasteiger partial charge is 0.480 e. The molecular weight excluding hydrogens is 188 g/mol. The highest BCUT2D eigenvalue weighted by Crippen LogP contribution is 1.84. The summed E-state index contributed by atoms with van der Waals surface area (Å²) in [7, 11) is 1.59. The van der Waals surface area contributed by atoms with E-state index >= 15 is 0 Å². The Morgan fingerprint density at radius 2 is 2.27 bits per heavy atom. The molecule has 7 heteroatoms.